The number of nitrogens with zero attached hydrogens (tertiary/aromatic N) is 3. The van der Waals surface area contributed by atoms with Crippen molar-refractivity contribution in [3.8, 4) is 0 Å². The fourth-order valence-electron chi connectivity index (χ4n) is 2.67. The Labute approximate surface area is 137 Å². The summed E-state index contributed by atoms with van der Waals surface area (Å²) in [5.41, 5.74) is 1.76. The van der Waals surface area contributed by atoms with Crippen LogP contribution in [0.3, 0.4) is 0 Å². The first-order valence-electron chi connectivity index (χ1n) is 7.38. The second-order valence-corrected chi connectivity index (χ2v) is 5.22. The van der Waals surface area contributed by atoms with Crippen LogP contribution in [0.1, 0.15) is 35.8 Å². The number of hydrogen-bond acceptors (Lipinski definition) is 7. The Hall–Kier alpha value is -3.16. The third-order valence-electron chi connectivity index (χ3n) is 3.75. The number of carbonyl (C=O) groups excluding carboxylic acids is 2. The van der Waals surface area contributed by atoms with E-state index in [-0.39, 0.29) is 12.2 Å². The molecule has 0 radical (unpaired) electrons. The first kappa shape index (κ1) is 15.7. The molecule has 0 aliphatic carbocycles. The minimum atomic E-state index is -1.26. The maximum Gasteiger partial charge on any atom is 0.338 e. The van der Waals surface area contributed by atoms with Gasteiger partial charge in [0.1, 0.15) is 12.4 Å². The number of fused-ring (bicyclic) bond motifs is 1. The van der Waals surface area contributed by atoms with Crippen LogP contribution in [0, 0.1) is 0 Å². The summed E-state index contributed by atoms with van der Waals surface area (Å²) in [7, 11) is 0. The van der Waals surface area contributed by atoms with Crippen LogP contribution in [-0.2, 0) is 9.53 Å². The normalized spacial score (nSPS) is 16.3. The summed E-state index contributed by atoms with van der Waals surface area (Å²) in [4.78, 5) is 27.5. The van der Waals surface area contributed by atoms with Gasteiger partial charge < -0.3 is 20.0 Å². The van der Waals surface area contributed by atoms with Gasteiger partial charge in [-0.1, -0.05) is 24.3 Å². The standard InChI is InChI=1S/C16H16N4O4/c1-3-24-15(23)12-9(2)19-16-17-8-18-20(16)13(12)10-4-6-11(7-5-10)14(21)22/h4-8,13H,3H2,1-2H3,(H,21,22)(H,17,18,19)/p-1/t13-/m1/s1. The molecule has 24 heavy (non-hydrogen) atoms. The lowest BCUT2D eigenvalue weighted by molar-refractivity contribution is -0.255. The topological polar surface area (TPSA) is 109 Å². The smallest absolute Gasteiger partial charge is 0.338 e. The van der Waals surface area contributed by atoms with E-state index in [0.29, 0.717) is 22.8 Å². The van der Waals surface area contributed by atoms with Crippen LogP contribution < -0.4 is 10.4 Å². The molecule has 0 fully saturated rings. The average Bonchev–Trinajstić information content (AvgIpc) is 3.01. The highest BCUT2D eigenvalue weighted by Gasteiger charge is 2.34. The van der Waals surface area contributed by atoms with Crippen LogP contribution >= 0.6 is 0 Å². The van der Waals surface area contributed by atoms with Crippen LogP contribution in [0.15, 0.2) is 41.9 Å². The van der Waals surface area contributed by atoms with Crippen molar-refractivity contribution in [2.45, 2.75) is 19.9 Å². The molecule has 2 heterocycles. The molecule has 124 valence electrons. The number of esters is 1. The van der Waals surface area contributed by atoms with Crippen molar-refractivity contribution in [1.82, 2.24) is 14.8 Å². The number of carbonyl (C=O) groups is 2. The maximum absolute atomic E-state index is 12.4. The molecule has 2 aromatic rings. The van der Waals surface area contributed by atoms with Crippen molar-refractivity contribution in [2.24, 2.45) is 0 Å². The van der Waals surface area contributed by atoms with E-state index in [4.69, 9.17) is 4.74 Å². The molecule has 1 aliphatic rings. The molecule has 8 nitrogen and oxygen atoms in total. The molecule has 1 aromatic heterocycles. The molecule has 0 amide bonds. The lowest BCUT2D eigenvalue weighted by Crippen LogP contribution is -2.29. The van der Waals surface area contributed by atoms with E-state index in [1.165, 1.54) is 18.5 Å². The second kappa shape index (κ2) is 6.15. The third-order valence-corrected chi connectivity index (χ3v) is 3.75. The van der Waals surface area contributed by atoms with Crippen LogP contribution in [0.4, 0.5) is 5.95 Å². The van der Waals surface area contributed by atoms with Gasteiger partial charge in [0.05, 0.1) is 18.1 Å². The molecule has 1 N–H and O–H groups in total. The van der Waals surface area contributed by atoms with E-state index in [0.717, 1.165) is 0 Å². The van der Waals surface area contributed by atoms with E-state index >= 15 is 0 Å². The summed E-state index contributed by atoms with van der Waals surface area (Å²) in [6, 6.07) is 5.56. The summed E-state index contributed by atoms with van der Waals surface area (Å²) in [5, 5.41) is 18.1. The lowest BCUT2D eigenvalue weighted by Gasteiger charge is -2.28. The van der Waals surface area contributed by atoms with Gasteiger partial charge in [-0.15, -0.1) is 0 Å². The number of anilines is 1. The molecule has 0 unspecified atom stereocenters. The molecular weight excluding hydrogens is 312 g/mol. The molecule has 0 spiro atoms. The van der Waals surface area contributed by atoms with Crippen molar-refractivity contribution in [2.75, 3.05) is 11.9 Å². The zero-order chi connectivity index (χ0) is 17.3. The molecule has 1 atom stereocenters. The molecule has 0 saturated heterocycles. The molecular formula is C16H15N4O4-. The van der Waals surface area contributed by atoms with Gasteiger partial charge in [-0.2, -0.15) is 10.1 Å². The highest BCUT2D eigenvalue weighted by molar-refractivity contribution is 5.92. The minimum absolute atomic E-state index is 0.0601. The summed E-state index contributed by atoms with van der Waals surface area (Å²) >= 11 is 0. The van der Waals surface area contributed by atoms with Crippen LogP contribution in [-0.4, -0.2) is 33.3 Å². The zero-order valence-electron chi connectivity index (χ0n) is 13.1. The zero-order valence-corrected chi connectivity index (χ0v) is 13.1. The fourth-order valence-corrected chi connectivity index (χ4v) is 2.67. The number of nitrogens with one attached hydrogen (secondary N) is 1. The average molecular weight is 327 g/mol. The number of benzene rings is 1. The summed E-state index contributed by atoms with van der Waals surface area (Å²) < 4.78 is 6.72. The highest BCUT2D eigenvalue weighted by Crippen LogP contribution is 2.35. The quantitative estimate of drug-likeness (QED) is 0.814. The fraction of sp³-hybridized carbons (Fsp3) is 0.250. The van der Waals surface area contributed by atoms with Gasteiger partial charge in [0.15, 0.2) is 0 Å². The van der Waals surface area contributed by atoms with E-state index in [1.54, 1.807) is 30.7 Å². The van der Waals surface area contributed by atoms with Crippen LogP contribution in [0.2, 0.25) is 0 Å². The molecule has 1 aromatic carbocycles. The Morgan fingerprint density at radius 2 is 2.04 bits per heavy atom. The molecule has 0 saturated carbocycles. The van der Waals surface area contributed by atoms with E-state index < -0.39 is 18.0 Å². The molecule has 0 bridgehead atoms. The van der Waals surface area contributed by atoms with Gasteiger partial charge in [0, 0.05) is 5.70 Å². The Balaban J connectivity index is 2.10. The van der Waals surface area contributed by atoms with Gasteiger partial charge in [0.25, 0.3) is 0 Å². The minimum Gasteiger partial charge on any atom is -0.545 e. The first-order valence-corrected chi connectivity index (χ1v) is 7.38. The number of allylic oxidation sites excluding steroid dienone is 1. The number of aromatic nitrogens is 3. The molecule has 1 aliphatic heterocycles. The van der Waals surface area contributed by atoms with Gasteiger partial charge >= 0.3 is 5.97 Å². The summed E-state index contributed by atoms with van der Waals surface area (Å²) in [6.45, 7) is 3.73. The van der Waals surface area contributed by atoms with Crippen molar-refractivity contribution in [3.05, 3.63) is 53.0 Å². The van der Waals surface area contributed by atoms with E-state index in [2.05, 4.69) is 15.4 Å². The third kappa shape index (κ3) is 2.62. The molecule has 3 rings (SSSR count). The number of carboxylic acid groups (broad SMARTS) is 1. The van der Waals surface area contributed by atoms with Gasteiger partial charge in [0.2, 0.25) is 5.95 Å². The Morgan fingerprint density at radius 3 is 2.67 bits per heavy atom. The predicted octanol–water partition coefficient (Wildman–Crippen LogP) is 0.494. The predicted molar refractivity (Wildman–Crippen MR) is 81.9 cm³/mol. The van der Waals surface area contributed by atoms with E-state index in [1.807, 2.05) is 0 Å². The van der Waals surface area contributed by atoms with Crippen molar-refractivity contribution in [3.63, 3.8) is 0 Å². The maximum atomic E-state index is 12.4. The van der Waals surface area contributed by atoms with Crippen LogP contribution in [0.5, 0.6) is 0 Å². The lowest BCUT2D eigenvalue weighted by atomic mass is 9.95. The monoisotopic (exact) mass is 327 g/mol. The van der Waals surface area contributed by atoms with Gasteiger partial charge in [-0.05, 0) is 25.0 Å². The SMILES string of the molecule is CCOC(=O)C1=C(C)Nc2ncnn2[C@@H]1c1ccc(C(=O)[O-])cc1. The van der Waals surface area contributed by atoms with Crippen molar-refractivity contribution < 1.29 is 19.4 Å². The summed E-state index contributed by atoms with van der Waals surface area (Å²) in [6.07, 6.45) is 1.38. The van der Waals surface area contributed by atoms with Crippen molar-refractivity contribution in [1.29, 1.82) is 0 Å². The number of ether oxygens (including phenoxy) is 1. The highest BCUT2D eigenvalue weighted by atomic mass is 16.5. The largest absolute Gasteiger partial charge is 0.545 e. The molecule has 8 heteroatoms. The Kier molecular flexibility index (Phi) is 4.03. The number of aromatic carboxylic acids is 1. The van der Waals surface area contributed by atoms with E-state index in [9.17, 15) is 14.7 Å². The first-order chi connectivity index (χ1) is 11.5. The van der Waals surface area contributed by atoms with Crippen LogP contribution in [0.25, 0.3) is 0 Å². The van der Waals surface area contributed by atoms with Crippen molar-refractivity contribution >= 4 is 17.9 Å². The number of hydrogen-bond donors (Lipinski definition) is 1. The van der Waals surface area contributed by atoms with Gasteiger partial charge in [-0.25, -0.2) is 9.48 Å². The second-order valence-electron chi connectivity index (χ2n) is 5.22. The van der Waals surface area contributed by atoms with Gasteiger partial charge in [-0.3, -0.25) is 0 Å². The Morgan fingerprint density at radius 1 is 1.33 bits per heavy atom. The number of carboxylic acids is 1. The Bertz CT molecular complexity index is 823. The summed E-state index contributed by atoms with van der Waals surface area (Å²) in [5.74, 6) is -1.22. The number of rotatable bonds is 4.